The third-order valence-electron chi connectivity index (χ3n) is 3.91. The van der Waals surface area contributed by atoms with Crippen LogP contribution in [-0.4, -0.2) is 38.8 Å². The van der Waals surface area contributed by atoms with Gasteiger partial charge in [-0.1, -0.05) is 27.7 Å². The Hall–Kier alpha value is -2.41. The number of carbonyl (C=O) groups is 1. The van der Waals surface area contributed by atoms with Gasteiger partial charge >= 0.3 is 6.03 Å². The number of nitrogens with one attached hydrogen (secondary N) is 2. The molecule has 1 aromatic heterocycles. The highest BCUT2D eigenvalue weighted by Gasteiger charge is 2.30. The molecule has 0 aliphatic rings. The number of hydrogen-bond acceptors (Lipinski definition) is 4. The predicted octanol–water partition coefficient (Wildman–Crippen LogP) is 2.43. The van der Waals surface area contributed by atoms with Crippen LogP contribution in [0.4, 0.5) is 10.5 Å². The maximum Gasteiger partial charge on any atom is 0.319 e. The second-order valence-electron chi connectivity index (χ2n) is 6.85. The number of rotatable bonds is 6. The third kappa shape index (κ3) is 4.55. The molecule has 2 rings (SSSR count). The molecule has 0 bridgehead atoms. The Balaban J connectivity index is 1.88. The summed E-state index contributed by atoms with van der Waals surface area (Å²) in [5.74, 6) is 0.133. The summed E-state index contributed by atoms with van der Waals surface area (Å²) in [5.41, 5.74) is 1.08. The highest BCUT2D eigenvalue weighted by Crippen LogP contribution is 2.25. The van der Waals surface area contributed by atoms with Crippen molar-refractivity contribution in [2.45, 2.75) is 33.8 Å². The lowest BCUT2D eigenvalue weighted by molar-refractivity contribution is 0.0154. The Morgan fingerprint density at radius 1 is 1.21 bits per heavy atom. The molecule has 2 aromatic rings. The number of aliphatic hydroxyl groups excluding tert-OH is 1. The minimum absolute atomic E-state index is 0.133. The molecule has 0 saturated carbocycles. The first-order valence-corrected chi connectivity index (χ1v) is 7.99. The molecule has 24 heavy (non-hydrogen) atoms. The zero-order chi connectivity index (χ0) is 17.7. The quantitative estimate of drug-likeness (QED) is 0.758. The second kappa shape index (κ2) is 7.44. The second-order valence-corrected chi connectivity index (χ2v) is 6.85. The van der Waals surface area contributed by atoms with Crippen molar-refractivity contribution in [2.75, 3.05) is 11.9 Å². The average Bonchev–Trinajstić information content (AvgIpc) is 3.07. The van der Waals surface area contributed by atoms with E-state index in [0.717, 1.165) is 5.69 Å². The van der Waals surface area contributed by atoms with Crippen LogP contribution in [0.3, 0.4) is 0 Å². The number of aromatic nitrogens is 3. The largest absolute Gasteiger partial charge is 0.392 e. The van der Waals surface area contributed by atoms with Gasteiger partial charge < -0.3 is 15.7 Å². The summed E-state index contributed by atoms with van der Waals surface area (Å²) in [6, 6.07) is 6.91. The number of hydrogen-bond donors (Lipinski definition) is 3. The molecule has 2 amide bonds. The van der Waals surface area contributed by atoms with Crippen LogP contribution in [0, 0.1) is 11.3 Å². The Labute approximate surface area is 142 Å². The summed E-state index contributed by atoms with van der Waals surface area (Å²) in [4.78, 5) is 13.5. The van der Waals surface area contributed by atoms with Gasteiger partial charge in [0.15, 0.2) is 0 Å². The Kier molecular flexibility index (Phi) is 5.56. The molecular weight excluding hydrogens is 306 g/mol. The van der Waals surface area contributed by atoms with E-state index in [1.54, 1.807) is 24.5 Å². The van der Waals surface area contributed by atoms with Crippen LogP contribution < -0.4 is 10.6 Å². The number of nitrogens with zero attached hydrogens (tertiary/aromatic N) is 3. The zero-order valence-corrected chi connectivity index (χ0v) is 14.5. The fourth-order valence-electron chi connectivity index (χ4n) is 2.52. The third-order valence-corrected chi connectivity index (χ3v) is 3.91. The number of carbonyl (C=O) groups excluding carboxylic acids is 1. The van der Waals surface area contributed by atoms with E-state index in [9.17, 15) is 9.90 Å². The van der Waals surface area contributed by atoms with Crippen molar-refractivity contribution in [1.29, 1.82) is 0 Å². The summed E-state index contributed by atoms with van der Waals surface area (Å²) >= 11 is 0. The molecule has 1 atom stereocenters. The Morgan fingerprint density at radius 3 is 2.33 bits per heavy atom. The number of anilines is 1. The van der Waals surface area contributed by atoms with Crippen molar-refractivity contribution < 1.29 is 9.90 Å². The highest BCUT2D eigenvalue weighted by atomic mass is 16.3. The van der Waals surface area contributed by atoms with Crippen molar-refractivity contribution in [2.24, 2.45) is 11.3 Å². The predicted molar refractivity (Wildman–Crippen MR) is 93.0 cm³/mol. The topological polar surface area (TPSA) is 92.1 Å². The number of benzene rings is 1. The molecule has 1 unspecified atom stereocenters. The molecule has 0 aliphatic heterocycles. The van der Waals surface area contributed by atoms with Gasteiger partial charge in [-0.2, -0.15) is 15.0 Å². The lowest BCUT2D eigenvalue weighted by Crippen LogP contribution is -2.44. The maximum atomic E-state index is 12.0. The van der Waals surface area contributed by atoms with Crippen LogP contribution in [0.2, 0.25) is 0 Å². The van der Waals surface area contributed by atoms with E-state index >= 15 is 0 Å². The van der Waals surface area contributed by atoms with E-state index in [1.165, 1.54) is 4.80 Å². The molecule has 0 saturated heterocycles. The molecule has 0 fully saturated rings. The van der Waals surface area contributed by atoms with Crippen LogP contribution in [-0.2, 0) is 0 Å². The normalized spacial score (nSPS) is 12.9. The summed E-state index contributed by atoms with van der Waals surface area (Å²) < 4.78 is 0. The van der Waals surface area contributed by atoms with Crippen LogP contribution in [0.1, 0.15) is 27.7 Å². The number of aliphatic hydroxyl groups is 1. The van der Waals surface area contributed by atoms with E-state index < -0.39 is 11.5 Å². The first-order valence-electron chi connectivity index (χ1n) is 7.99. The van der Waals surface area contributed by atoms with Crippen LogP contribution in [0.15, 0.2) is 36.7 Å². The molecule has 0 aliphatic carbocycles. The summed E-state index contributed by atoms with van der Waals surface area (Å²) in [6.07, 6.45) is 2.72. The van der Waals surface area contributed by atoms with Gasteiger partial charge in [-0.25, -0.2) is 4.79 Å². The van der Waals surface area contributed by atoms with Gasteiger partial charge in [-0.05, 0) is 30.2 Å². The summed E-state index contributed by atoms with van der Waals surface area (Å²) in [5, 5.41) is 23.9. The van der Waals surface area contributed by atoms with Crippen molar-refractivity contribution in [3.8, 4) is 5.69 Å². The molecule has 7 nitrogen and oxygen atoms in total. The molecule has 3 N–H and O–H groups in total. The van der Waals surface area contributed by atoms with Gasteiger partial charge in [-0.15, -0.1) is 0 Å². The smallest absolute Gasteiger partial charge is 0.319 e. The van der Waals surface area contributed by atoms with Gasteiger partial charge in [0.2, 0.25) is 0 Å². The lowest BCUT2D eigenvalue weighted by atomic mass is 9.81. The van der Waals surface area contributed by atoms with Crippen molar-refractivity contribution in [3.05, 3.63) is 36.7 Å². The fourth-order valence-corrected chi connectivity index (χ4v) is 2.52. The highest BCUT2D eigenvalue weighted by molar-refractivity contribution is 5.89. The fraction of sp³-hybridized carbons (Fsp3) is 0.471. The van der Waals surface area contributed by atoms with Crippen LogP contribution in [0.5, 0.6) is 0 Å². The molecule has 0 radical (unpaired) electrons. The average molecular weight is 331 g/mol. The molecule has 0 spiro atoms. The van der Waals surface area contributed by atoms with E-state index in [4.69, 9.17) is 0 Å². The van der Waals surface area contributed by atoms with Crippen molar-refractivity contribution in [1.82, 2.24) is 20.3 Å². The standard InChI is InChI=1S/C17H25N5O2/c1-12(2)15(23)17(3,4)11-18-16(24)21-13-5-7-14(8-6-13)22-19-9-10-20-22/h5-10,12,15,23H,11H2,1-4H3,(H2,18,21,24). The first-order chi connectivity index (χ1) is 11.3. The molecule has 1 heterocycles. The van der Waals surface area contributed by atoms with Crippen molar-refractivity contribution in [3.63, 3.8) is 0 Å². The van der Waals surface area contributed by atoms with Gasteiger partial charge in [-0.3, -0.25) is 0 Å². The van der Waals surface area contributed by atoms with E-state index in [-0.39, 0.29) is 11.9 Å². The Morgan fingerprint density at radius 2 is 1.79 bits per heavy atom. The maximum absolute atomic E-state index is 12.0. The molecule has 1 aromatic carbocycles. The monoisotopic (exact) mass is 331 g/mol. The minimum atomic E-state index is -0.487. The van der Waals surface area contributed by atoms with Gasteiger partial charge in [0.05, 0.1) is 24.2 Å². The minimum Gasteiger partial charge on any atom is -0.392 e. The molecule has 130 valence electrons. The SMILES string of the molecule is CC(C)C(O)C(C)(C)CNC(=O)Nc1ccc(-n2nccn2)cc1. The molecule has 7 heteroatoms. The summed E-state index contributed by atoms with van der Waals surface area (Å²) in [6.45, 7) is 8.17. The first kappa shape index (κ1) is 17.9. The van der Waals surface area contributed by atoms with Crippen LogP contribution in [0.25, 0.3) is 5.69 Å². The van der Waals surface area contributed by atoms with Crippen molar-refractivity contribution >= 4 is 11.7 Å². The molecular formula is C17H25N5O2. The van der Waals surface area contributed by atoms with E-state index in [2.05, 4.69) is 20.8 Å². The summed E-state index contributed by atoms with van der Waals surface area (Å²) in [7, 11) is 0. The van der Waals surface area contributed by atoms with Crippen LogP contribution >= 0.6 is 0 Å². The van der Waals surface area contributed by atoms with E-state index in [0.29, 0.717) is 12.2 Å². The zero-order valence-electron chi connectivity index (χ0n) is 14.5. The number of urea groups is 1. The Bertz CT molecular complexity index is 650. The van der Waals surface area contributed by atoms with Gasteiger partial charge in [0.1, 0.15) is 0 Å². The van der Waals surface area contributed by atoms with E-state index in [1.807, 2.05) is 39.8 Å². The number of amides is 2. The van der Waals surface area contributed by atoms with Gasteiger partial charge in [0, 0.05) is 17.6 Å². The lowest BCUT2D eigenvalue weighted by Gasteiger charge is -2.33. The van der Waals surface area contributed by atoms with Gasteiger partial charge in [0.25, 0.3) is 0 Å².